The number of hydrogen-bond donors (Lipinski definition) is 1. The van der Waals surface area contributed by atoms with E-state index >= 15 is 0 Å². The molecule has 1 aliphatic heterocycles. The molecule has 1 saturated heterocycles. The summed E-state index contributed by atoms with van der Waals surface area (Å²) in [5, 5.41) is 0. The first-order chi connectivity index (χ1) is 9.50. The molecule has 0 saturated carbocycles. The summed E-state index contributed by atoms with van der Waals surface area (Å²) in [6.45, 7) is 10.0. The molecule has 1 aliphatic rings. The zero-order valence-electron chi connectivity index (χ0n) is 13.4. The number of nitrogens with zero attached hydrogens (tertiary/aromatic N) is 1. The molecular formula is C18H30N2. The molecule has 0 spiro atoms. The van der Waals surface area contributed by atoms with Gasteiger partial charge in [0, 0.05) is 12.6 Å². The first-order valence-electron chi connectivity index (χ1n) is 8.04. The average Bonchev–Trinajstić information content (AvgIpc) is 2.45. The Labute approximate surface area is 124 Å². The van der Waals surface area contributed by atoms with E-state index in [4.69, 9.17) is 5.73 Å². The Hall–Kier alpha value is -0.860. The minimum absolute atomic E-state index is 0.235. The largest absolute Gasteiger partial charge is 0.329 e. The molecule has 1 atom stereocenters. The smallest absolute Gasteiger partial charge is 0.0258 e. The highest BCUT2D eigenvalue weighted by atomic mass is 15.2. The maximum Gasteiger partial charge on any atom is 0.0258 e. The Balaban J connectivity index is 2.00. The van der Waals surface area contributed by atoms with Crippen LogP contribution in [0.25, 0.3) is 0 Å². The highest BCUT2D eigenvalue weighted by Crippen LogP contribution is 2.23. The second-order valence-electron chi connectivity index (χ2n) is 7.14. The van der Waals surface area contributed by atoms with Gasteiger partial charge in [0.25, 0.3) is 0 Å². The summed E-state index contributed by atoms with van der Waals surface area (Å²) in [5.74, 6) is 0. The van der Waals surface area contributed by atoms with Crippen molar-refractivity contribution in [3.63, 3.8) is 0 Å². The zero-order valence-corrected chi connectivity index (χ0v) is 13.4. The van der Waals surface area contributed by atoms with Gasteiger partial charge in [0.2, 0.25) is 0 Å². The van der Waals surface area contributed by atoms with Gasteiger partial charge in [-0.15, -0.1) is 0 Å². The summed E-state index contributed by atoms with van der Waals surface area (Å²) >= 11 is 0. The fourth-order valence-electron chi connectivity index (χ4n) is 3.06. The average molecular weight is 274 g/mol. The van der Waals surface area contributed by atoms with E-state index in [0.29, 0.717) is 6.04 Å². The first kappa shape index (κ1) is 15.5. The van der Waals surface area contributed by atoms with E-state index in [-0.39, 0.29) is 5.41 Å². The van der Waals surface area contributed by atoms with E-state index in [2.05, 4.69) is 49.9 Å². The summed E-state index contributed by atoms with van der Waals surface area (Å²) < 4.78 is 0. The van der Waals surface area contributed by atoms with E-state index in [1.165, 1.54) is 43.5 Å². The molecule has 2 rings (SSSR count). The maximum atomic E-state index is 6.01. The van der Waals surface area contributed by atoms with Gasteiger partial charge in [-0.3, -0.25) is 4.90 Å². The second kappa shape index (κ2) is 6.73. The van der Waals surface area contributed by atoms with Crippen LogP contribution in [-0.4, -0.2) is 30.6 Å². The lowest BCUT2D eigenvalue weighted by molar-refractivity contribution is 0.166. The Morgan fingerprint density at radius 3 is 2.15 bits per heavy atom. The summed E-state index contributed by atoms with van der Waals surface area (Å²) in [6, 6.07) is 9.63. The number of hydrogen-bond acceptors (Lipinski definition) is 2. The van der Waals surface area contributed by atoms with Gasteiger partial charge in [0.05, 0.1) is 0 Å². The van der Waals surface area contributed by atoms with Gasteiger partial charge in [-0.2, -0.15) is 0 Å². The van der Waals surface area contributed by atoms with E-state index < -0.39 is 0 Å². The van der Waals surface area contributed by atoms with Crippen molar-refractivity contribution in [3.05, 3.63) is 35.4 Å². The van der Waals surface area contributed by atoms with E-state index in [0.717, 1.165) is 13.0 Å². The molecule has 2 nitrogen and oxygen atoms in total. The Morgan fingerprint density at radius 1 is 1.05 bits per heavy atom. The highest BCUT2D eigenvalue weighted by Gasteiger charge is 2.20. The van der Waals surface area contributed by atoms with Crippen molar-refractivity contribution in [1.29, 1.82) is 0 Å². The van der Waals surface area contributed by atoms with Crippen LogP contribution in [0.4, 0.5) is 0 Å². The second-order valence-corrected chi connectivity index (χ2v) is 7.14. The lowest BCUT2D eigenvalue weighted by atomic mass is 9.86. The Morgan fingerprint density at radius 2 is 1.65 bits per heavy atom. The molecule has 1 aromatic rings. The van der Waals surface area contributed by atoms with Crippen molar-refractivity contribution < 1.29 is 0 Å². The van der Waals surface area contributed by atoms with Gasteiger partial charge in [-0.1, -0.05) is 51.5 Å². The molecular weight excluding hydrogens is 244 g/mol. The molecule has 20 heavy (non-hydrogen) atoms. The van der Waals surface area contributed by atoms with Gasteiger partial charge in [0.15, 0.2) is 0 Å². The van der Waals surface area contributed by atoms with Crippen LogP contribution in [0.1, 0.15) is 51.2 Å². The van der Waals surface area contributed by atoms with Crippen LogP contribution >= 0.6 is 0 Å². The van der Waals surface area contributed by atoms with Crippen LogP contribution in [0.3, 0.4) is 0 Å². The first-order valence-corrected chi connectivity index (χ1v) is 8.04. The Kier molecular flexibility index (Phi) is 5.22. The minimum Gasteiger partial charge on any atom is -0.329 e. The van der Waals surface area contributed by atoms with Crippen molar-refractivity contribution >= 4 is 0 Å². The van der Waals surface area contributed by atoms with Crippen molar-refractivity contribution in [3.8, 4) is 0 Å². The van der Waals surface area contributed by atoms with Crippen LogP contribution in [0.5, 0.6) is 0 Å². The zero-order chi connectivity index (χ0) is 14.6. The Bertz CT molecular complexity index is 396. The molecule has 0 radical (unpaired) electrons. The van der Waals surface area contributed by atoms with Crippen LogP contribution in [-0.2, 0) is 11.8 Å². The molecule has 1 fully saturated rings. The van der Waals surface area contributed by atoms with E-state index in [1.807, 2.05) is 0 Å². The van der Waals surface area contributed by atoms with Crippen LogP contribution < -0.4 is 5.73 Å². The predicted molar refractivity (Wildman–Crippen MR) is 87.1 cm³/mol. The van der Waals surface area contributed by atoms with Gasteiger partial charge in [-0.25, -0.2) is 0 Å². The number of piperidine rings is 1. The van der Waals surface area contributed by atoms with Gasteiger partial charge in [0.1, 0.15) is 0 Å². The van der Waals surface area contributed by atoms with Crippen molar-refractivity contribution in [1.82, 2.24) is 4.90 Å². The molecule has 2 N–H and O–H groups in total. The topological polar surface area (TPSA) is 29.3 Å². The molecule has 0 amide bonds. The molecule has 0 bridgehead atoms. The third-order valence-corrected chi connectivity index (χ3v) is 4.47. The fourth-order valence-corrected chi connectivity index (χ4v) is 3.06. The summed E-state index contributed by atoms with van der Waals surface area (Å²) in [7, 11) is 0. The molecule has 1 aromatic carbocycles. The monoisotopic (exact) mass is 274 g/mol. The SMILES string of the molecule is CC(C)(C)c1ccc(CC(CN)N2CCCCC2)cc1. The van der Waals surface area contributed by atoms with E-state index in [9.17, 15) is 0 Å². The van der Waals surface area contributed by atoms with Crippen molar-refractivity contribution in [2.45, 2.75) is 57.9 Å². The third-order valence-electron chi connectivity index (χ3n) is 4.47. The maximum absolute atomic E-state index is 6.01. The van der Waals surface area contributed by atoms with E-state index in [1.54, 1.807) is 0 Å². The van der Waals surface area contributed by atoms with Crippen LogP contribution in [0, 0.1) is 0 Å². The quantitative estimate of drug-likeness (QED) is 0.912. The molecule has 2 heteroatoms. The van der Waals surface area contributed by atoms with Crippen LogP contribution in [0.2, 0.25) is 0 Å². The number of likely N-dealkylation sites (tertiary alicyclic amines) is 1. The molecule has 1 heterocycles. The summed E-state index contributed by atoms with van der Waals surface area (Å²) in [5.41, 5.74) is 9.07. The fraction of sp³-hybridized carbons (Fsp3) is 0.667. The third kappa shape index (κ3) is 4.07. The number of rotatable bonds is 4. The number of nitrogens with two attached hydrogens (primary N) is 1. The normalized spacial score (nSPS) is 19.0. The summed E-state index contributed by atoms with van der Waals surface area (Å²) in [4.78, 5) is 2.58. The van der Waals surface area contributed by atoms with Gasteiger partial charge >= 0.3 is 0 Å². The predicted octanol–water partition coefficient (Wildman–Crippen LogP) is 3.34. The molecule has 0 aliphatic carbocycles. The minimum atomic E-state index is 0.235. The molecule has 1 unspecified atom stereocenters. The highest BCUT2D eigenvalue weighted by molar-refractivity contribution is 5.28. The van der Waals surface area contributed by atoms with Crippen molar-refractivity contribution in [2.75, 3.05) is 19.6 Å². The summed E-state index contributed by atoms with van der Waals surface area (Å²) in [6.07, 6.45) is 5.13. The van der Waals surface area contributed by atoms with Crippen molar-refractivity contribution in [2.24, 2.45) is 5.73 Å². The standard InChI is InChI=1S/C18H30N2/c1-18(2,3)16-9-7-15(8-10-16)13-17(14-19)20-11-5-4-6-12-20/h7-10,17H,4-6,11-14,19H2,1-3H3. The molecule has 112 valence electrons. The molecule has 0 aromatic heterocycles. The number of benzene rings is 1. The lowest BCUT2D eigenvalue weighted by Gasteiger charge is -2.34. The van der Waals surface area contributed by atoms with Gasteiger partial charge in [-0.05, 0) is 48.9 Å². The lowest BCUT2D eigenvalue weighted by Crippen LogP contribution is -2.44. The van der Waals surface area contributed by atoms with Gasteiger partial charge < -0.3 is 5.73 Å². The van der Waals surface area contributed by atoms with Crippen LogP contribution in [0.15, 0.2) is 24.3 Å².